The summed E-state index contributed by atoms with van der Waals surface area (Å²) in [5, 5.41) is 2.56. The van der Waals surface area contributed by atoms with E-state index in [-0.39, 0.29) is 30.5 Å². The molecule has 1 N–H and O–H groups in total. The topological polar surface area (TPSA) is 79.0 Å². The Morgan fingerprint density at radius 3 is 2.36 bits per heavy atom. The maximum atomic E-state index is 12.7. The lowest BCUT2D eigenvalue weighted by atomic mass is 10.0. The highest BCUT2D eigenvalue weighted by Gasteiger charge is 2.43. The molecular weight excluding hydrogens is 286 g/mol. The molecule has 0 radical (unpaired) electrons. The van der Waals surface area contributed by atoms with Crippen molar-refractivity contribution >= 4 is 17.9 Å². The van der Waals surface area contributed by atoms with Crippen LogP contribution in [-0.2, 0) is 14.3 Å². The zero-order valence-corrected chi connectivity index (χ0v) is 12.5. The van der Waals surface area contributed by atoms with Crippen LogP contribution >= 0.6 is 0 Å². The quantitative estimate of drug-likeness (QED) is 0.756. The van der Waals surface area contributed by atoms with Gasteiger partial charge in [0.15, 0.2) is 0 Å². The average Bonchev–Trinajstić information content (AvgIpc) is 3.27. The lowest BCUT2D eigenvalue weighted by Gasteiger charge is -2.39. The van der Waals surface area contributed by atoms with Crippen LogP contribution in [0.25, 0.3) is 0 Å². The van der Waals surface area contributed by atoms with Gasteiger partial charge in [-0.25, -0.2) is 4.79 Å². The van der Waals surface area contributed by atoms with E-state index in [9.17, 15) is 14.4 Å². The molecule has 0 bridgehead atoms. The fourth-order valence-electron chi connectivity index (χ4n) is 3.20. The maximum absolute atomic E-state index is 12.7. The summed E-state index contributed by atoms with van der Waals surface area (Å²) in [5.74, 6) is -0.110. The van der Waals surface area contributed by atoms with Crippen LogP contribution in [0, 0.1) is 0 Å². The number of nitrogens with one attached hydrogen (secondary N) is 1. The first-order chi connectivity index (χ1) is 10.6. The highest BCUT2D eigenvalue weighted by Crippen LogP contribution is 2.32. The number of piperidine rings is 1. The number of nitrogens with zero attached hydrogens (tertiary/aromatic N) is 2. The van der Waals surface area contributed by atoms with Crippen LogP contribution in [0.3, 0.4) is 0 Å². The first kappa shape index (κ1) is 14.9. The third-order valence-electron chi connectivity index (χ3n) is 4.51. The second-order valence-corrected chi connectivity index (χ2v) is 6.03. The van der Waals surface area contributed by atoms with Crippen LogP contribution < -0.4 is 5.32 Å². The average molecular weight is 307 g/mol. The van der Waals surface area contributed by atoms with Gasteiger partial charge >= 0.3 is 6.09 Å². The Morgan fingerprint density at radius 2 is 1.86 bits per heavy atom. The van der Waals surface area contributed by atoms with Crippen LogP contribution in [0.5, 0.6) is 0 Å². The number of ether oxygens (including phenoxy) is 1. The van der Waals surface area contributed by atoms with Crippen molar-refractivity contribution in [3.05, 3.63) is 12.7 Å². The van der Waals surface area contributed by atoms with E-state index < -0.39 is 12.1 Å². The Bertz CT molecular complexity index is 495. The van der Waals surface area contributed by atoms with Gasteiger partial charge in [0, 0.05) is 25.2 Å². The summed E-state index contributed by atoms with van der Waals surface area (Å²) in [6.45, 7) is 4.89. The molecule has 3 amide bonds. The van der Waals surface area contributed by atoms with Gasteiger partial charge in [-0.3, -0.25) is 9.59 Å². The molecule has 0 aromatic heterocycles. The summed E-state index contributed by atoms with van der Waals surface area (Å²) in [6.07, 6.45) is 4.36. The molecule has 7 nitrogen and oxygen atoms in total. The molecule has 7 heteroatoms. The Labute approximate surface area is 129 Å². The second kappa shape index (κ2) is 5.98. The second-order valence-electron chi connectivity index (χ2n) is 6.03. The summed E-state index contributed by atoms with van der Waals surface area (Å²) >= 11 is 0. The number of hydrogen-bond acceptors (Lipinski definition) is 4. The van der Waals surface area contributed by atoms with E-state index in [2.05, 4.69) is 11.9 Å². The number of cyclic esters (lactones) is 1. The van der Waals surface area contributed by atoms with Gasteiger partial charge in [-0.2, -0.15) is 0 Å². The van der Waals surface area contributed by atoms with Crippen molar-refractivity contribution < 1.29 is 19.1 Å². The molecular formula is C15H21N3O4. The Kier molecular flexibility index (Phi) is 4.04. The normalized spacial score (nSPS) is 25.4. The number of alkyl carbamates (subject to hydrolysis) is 1. The number of hydrogen-bond donors (Lipinski definition) is 1. The molecule has 2 heterocycles. The van der Waals surface area contributed by atoms with Gasteiger partial charge in [-0.1, -0.05) is 6.58 Å². The Hall–Kier alpha value is -2.05. The summed E-state index contributed by atoms with van der Waals surface area (Å²) < 4.78 is 4.83. The monoisotopic (exact) mass is 307 g/mol. The van der Waals surface area contributed by atoms with E-state index >= 15 is 0 Å². The van der Waals surface area contributed by atoms with E-state index in [4.69, 9.17) is 4.74 Å². The minimum absolute atomic E-state index is 0.0538. The molecule has 120 valence electrons. The minimum atomic E-state index is -0.569. The summed E-state index contributed by atoms with van der Waals surface area (Å²) in [6, 6.07) is -0.163. The van der Waals surface area contributed by atoms with Crippen LogP contribution in [0.4, 0.5) is 4.79 Å². The molecule has 1 aliphatic carbocycles. The van der Waals surface area contributed by atoms with Crippen molar-refractivity contribution in [1.29, 1.82) is 0 Å². The van der Waals surface area contributed by atoms with Crippen molar-refractivity contribution in [2.75, 3.05) is 19.7 Å². The standard InChI is InChI=1S/C15H21N3O4/c1-2-13(19)17-7-5-11(6-8-17)18(10-3-4-10)14(20)12-9-22-15(21)16-12/h2,10-12H,1,3-9H2,(H,16,21)/t12-/m1/s1. The minimum Gasteiger partial charge on any atom is -0.447 e. The zero-order chi connectivity index (χ0) is 15.7. The number of likely N-dealkylation sites (tertiary alicyclic amines) is 1. The molecule has 3 fully saturated rings. The zero-order valence-electron chi connectivity index (χ0n) is 12.5. The number of rotatable bonds is 4. The van der Waals surface area contributed by atoms with Crippen molar-refractivity contribution in [2.45, 2.75) is 43.8 Å². The highest BCUT2D eigenvalue weighted by atomic mass is 16.6. The van der Waals surface area contributed by atoms with E-state index in [1.807, 2.05) is 4.90 Å². The number of carbonyl (C=O) groups excluding carboxylic acids is 3. The first-order valence-corrected chi connectivity index (χ1v) is 7.77. The van der Waals surface area contributed by atoms with Gasteiger partial charge in [-0.05, 0) is 31.8 Å². The molecule has 3 aliphatic rings. The van der Waals surface area contributed by atoms with Crippen molar-refractivity contribution in [1.82, 2.24) is 15.1 Å². The fourth-order valence-corrected chi connectivity index (χ4v) is 3.20. The van der Waals surface area contributed by atoms with Crippen LogP contribution in [0.2, 0.25) is 0 Å². The van der Waals surface area contributed by atoms with Crippen LogP contribution in [0.1, 0.15) is 25.7 Å². The van der Waals surface area contributed by atoms with Gasteiger partial charge in [0.05, 0.1) is 0 Å². The summed E-state index contributed by atoms with van der Waals surface area (Å²) in [7, 11) is 0. The smallest absolute Gasteiger partial charge is 0.407 e. The third-order valence-corrected chi connectivity index (χ3v) is 4.51. The molecule has 0 spiro atoms. The van der Waals surface area contributed by atoms with Crippen molar-refractivity contribution in [3.63, 3.8) is 0 Å². The maximum Gasteiger partial charge on any atom is 0.407 e. The summed E-state index contributed by atoms with van der Waals surface area (Å²) in [5.41, 5.74) is 0. The molecule has 0 unspecified atom stereocenters. The van der Waals surface area contributed by atoms with Gasteiger partial charge in [0.2, 0.25) is 11.8 Å². The third kappa shape index (κ3) is 2.93. The Morgan fingerprint density at radius 1 is 1.23 bits per heavy atom. The largest absolute Gasteiger partial charge is 0.447 e. The number of carbonyl (C=O) groups is 3. The molecule has 3 rings (SSSR count). The van der Waals surface area contributed by atoms with E-state index in [1.54, 1.807) is 4.90 Å². The fraction of sp³-hybridized carbons (Fsp3) is 0.667. The van der Waals surface area contributed by atoms with Crippen LogP contribution in [-0.4, -0.2) is 65.5 Å². The Balaban J connectivity index is 1.63. The first-order valence-electron chi connectivity index (χ1n) is 7.77. The molecule has 0 aromatic rings. The van der Waals surface area contributed by atoms with Crippen molar-refractivity contribution in [3.8, 4) is 0 Å². The molecule has 2 saturated heterocycles. The molecule has 1 saturated carbocycles. The molecule has 2 aliphatic heterocycles. The predicted octanol–water partition coefficient (Wildman–Crippen LogP) is 0.263. The van der Waals surface area contributed by atoms with Crippen molar-refractivity contribution in [2.24, 2.45) is 0 Å². The SMILES string of the molecule is C=CC(=O)N1CCC(N(C(=O)[C@H]2COC(=O)N2)C2CC2)CC1. The van der Waals surface area contributed by atoms with Gasteiger partial charge in [0.1, 0.15) is 12.6 Å². The molecule has 0 aromatic carbocycles. The van der Waals surface area contributed by atoms with Gasteiger partial charge in [-0.15, -0.1) is 0 Å². The van der Waals surface area contributed by atoms with E-state index in [0.29, 0.717) is 13.1 Å². The molecule has 22 heavy (non-hydrogen) atoms. The van der Waals surface area contributed by atoms with E-state index in [0.717, 1.165) is 25.7 Å². The molecule has 1 atom stereocenters. The summed E-state index contributed by atoms with van der Waals surface area (Å²) in [4.78, 5) is 39.1. The number of amides is 3. The van der Waals surface area contributed by atoms with Gasteiger partial charge in [0.25, 0.3) is 0 Å². The predicted molar refractivity (Wildman–Crippen MR) is 77.9 cm³/mol. The van der Waals surface area contributed by atoms with Gasteiger partial charge < -0.3 is 19.9 Å². The van der Waals surface area contributed by atoms with Crippen LogP contribution in [0.15, 0.2) is 12.7 Å². The highest BCUT2D eigenvalue weighted by molar-refractivity contribution is 5.89. The lowest BCUT2D eigenvalue weighted by molar-refractivity contribution is -0.138. The van der Waals surface area contributed by atoms with E-state index in [1.165, 1.54) is 6.08 Å². The lowest BCUT2D eigenvalue weighted by Crippen LogP contribution is -2.54.